The number of likely N-dealkylation sites (N-methyl/N-ethyl adjacent to an activating group) is 1. The van der Waals surface area contributed by atoms with Crippen molar-refractivity contribution in [3.8, 4) is 6.07 Å². The fourth-order valence-electron chi connectivity index (χ4n) is 2.88. The highest BCUT2D eigenvalue weighted by atomic mass is 15.1. The van der Waals surface area contributed by atoms with Crippen LogP contribution < -0.4 is 5.32 Å². The summed E-state index contributed by atoms with van der Waals surface area (Å²) in [6.07, 6.45) is 5.70. The number of nitrogens with zero attached hydrogens (tertiary/aromatic N) is 2. The molecule has 3 heteroatoms. The molecular weight excluding hydrogens is 222 g/mol. The van der Waals surface area contributed by atoms with Crippen molar-refractivity contribution in [1.82, 2.24) is 10.2 Å². The standard InChI is InChI=1S/C15H29N3/c1-13(2)14-6-5-8-15(12-16,9-7-14)17-10-11-18(3)4/h13-14,17H,5-11H2,1-4H3. The monoisotopic (exact) mass is 251 g/mol. The number of nitriles is 1. The van der Waals surface area contributed by atoms with Crippen LogP contribution in [0.4, 0.5) is 0 Å². The third kappa shape index (κ3) is 4.59. The average molecular weight is 251 g/mol. The highest BCUT2D eigenvalue weighted by Gasteiger charge is 2.33. The molecule has 0 aromatic rings. The van der Waals surface area contributed by atoms with Gasteiger partial charge in [-0.2, -0.15) is 5.26 Å². The number of nitrogens with one attached hydrogen (secondary N) is 1. The van der Waals surface area contributed by atoms with Crippen molar-refractivity contribution in [2.75, 3.05) is 27.2 Å². The molecule has 0 aromatic heterocycles. The fraction of sp³-hybridized carbons (Fsp3) is 0.933. The molecule has 18 heavy (non-hydrogen) atoms. The summed E-state index contributed by atoms with van der Waals surface area (Å²) in [5, 5.41) is 13.0. The van der Waals surface area contributed by atoms with E-state index in [1.807, 2.05) is 0 Å². The van der Waals surface area contributed by atoms with Crippen LogP contribution in [0, 0.1) is 23.2 Å². The van der Waals surface area contributed by atoms with E-state index in [0.29, 0.717) is 0 Å². The summed E-state index contributed by atoms with van der Waals surface area (Å²) in [5.41, 5.74) is -0.264. The van der Waals surface area contributed by atoms with E-state index in [2.05, 4.69) is 44.2 Å². The van der Waals surface area contributed by atoms with E-state index in [9.17, 15) is 5.26 Å². The highest BCUT2D eigenvalue weighted by molar-refractivity contribution is 5.08. The van der Waals surface area contributed by atoms with E-state index in [0.717, 1.165) is 37.8 Å². The van der Waals surface area contributed by atoms with E-state index in [4.69, 9.17) is 0 Å². The Morgan fingerprint density at radius 1 is 1.33 bits per heavy atom. The van der Waals surface area contributed by atoms with Gasteiger partial charge in [0.2, 0.25) is 0 Å². The Hall–Kier alpha value is -0.590. The SMILES string of the molecule is CC(C)C1CCCC(C#N)(NCCN(C)C)CC1. The van der Waals surface area contributed by atoms with Crippen molar-refractivity contribution < 1.29 is 0 Å². The molecule has 1 aliphatic carbocycles. The smallest absolute Gasteiger partial charge is 0.106 e. The zero-order valence-corrected chi connectivity index (χ0v) is 12.5. The van der Waals surface area contributed by atoms with Crippen LogP contribution >= 0.6 is 0 Å². The van der Waals surface area contributed by atoms with E-state index in [1.54, 1.807) is 0 Å². The number of rotatable bonds is 5. The molecule has 104 valence electrons. The lowest BCUT2D eigenvalue weighted by molar-refractivity contribution is 0.309. The van der Waals surface area contributed by atoms with Gasteiger partial charge in [-0.25, -0.2) is 0 Å². The summed E-state index contributed by atoms with van der Waals surface area (Å²) in [7, 11) is 4.14. The Morgan fingerprint density at radius 2 is 2.06 bits per heavy atom. The maximum Gasteiger partial charge on any atom is 0.106 e. The van der Waals surface area contributed by atoms with Gasteiger partial charge >= 0.3 is 0 Å². The van der Waals surface area contributed by atoms with E-state index >= 15 is 0 Å². The third-order valence-corrected chi connectivity index (χ3v) is 4.30. The van der Waals surface area contributed by atoms with Crippen LogP contribution in [0.25, 0.3) is 0 Å². The van der Waals surface area contributed by atoms with Gasteiger partial charge in [0.1, 0.15) is 5.54 Å². The third-order valence-electron chi connectivity index (χ3n) is 4.30. The second-order valence-electron chi connectivity index (χ2n) is 6.36. The van der Waals surface area contributed by atoms with Crippen molar-refractivity contribution in [3.05, 3.63) is 0 Å². The number of hydrogen-bond donors (Lipinski definition) is 1. The van der Waals surface area contributed by atoms with Gasteiger partial charge in [0, 0.05) is 13.1 Å². The van der Waals surface area contributed by atoms with Crippen LogP contribution in [0.1, 0.15) is 46.0 Å². The van der Waals surface area contributed by atoms with Gasteiger partial charge in [0.15, 0.2) is 0 Å². The molecule has 0 amide bonds. The van der Waals surface area contributed by atoms with E-state index in [1.165, 1.54) is 19.3 Å². The van der Waals surface area contributed by atoms with Gasteiger partial charge in [0.25, 0.3) is 0 Å². The molecule has 1 saturated carbocycles. The second-order valence-corrected chi connectivity index (χ2v) is 6.36. The molecule has 0 spiro atoms. The average Bonchev–Trinajstić information content (AvgIpc) is 2.52. The molecule has 1 fully saturated rings. The van der Waals surface area contributed by atoms with Gasteiger partial charge in [-0.05, 0) is 45.2 Å². The molecule has 2 atom stereocenters. The number of hydrogen-bond acceptors (Lipinski definition) is 3. The van der Waals surface area contributed by atoms with Crippen molar-refractivity contribution in [3.63, 3.8) is 0 Å². The molecule has 0 heterocycles. The summed E-state index contributed by atoms with van der Waals surface area (Å²) < 4.78 is 0. The predicted octanol–water partition coefficient (Wildman–Crippen LogP) is 2.64. The van der Waals surface area contributed by atoms with Gasteiger partial charge in [-0.3, -0.25) is 5.32 Å². The molecule has 0 aromatic carbocycles. The zero-order chi connectivity index (χ0) is 13.6. The summed E-state index contributed by atoms with van der Waals surface area (Å²) in [5.74, 6) is 1.55. The topological polar surface area (TPSA) is 39.1 Å². The van der Waals surface area contributed by atoms with Gasteiger partial charge in [-0.1, -0.05) is 26.7 Å². The van der Waals surface area contributed by atoms with Crippen LogP contribution in [0.2, 0.25) is 0 Å². The normalized spacial score (nSPS) is 29.3. The van der Waals surface area contributed by atoms with Crippen molar-refractivity contribution in [1.29, 1.82) is 5.26 Å². The first-order valence-electron chi connectivity index (χ1n) is 7.30. The van der Waals surface area contributed by atoms with Crippen LogP contribution in [0.3, 0.4) is 0 Å². The predicted molar refractivity (Wildman–Crippen MR) is 76.3 cm³/mol. The van der Waals surface area contributed by atoms with E-state index in [-0.39, 0.29) is 5.54 Å². The Morgan fingerprint density at radius 3 is 2.61 bits per heavy atom. The highest BCUT2D eigenvalue weighted by Crippen LogP contribution is 2.33. The maximum absolute atomic E-state index is 9.53. The Labute approximate surface area is 113 Å². The van der Waals surface area contributed by atoms with Gasteiger partial charge in [-0.15, -0.1) is 0 Å². The lowest BCUT2D eigenvalue weighted by Crippen LogP contribution is -2.46. The Balaban J connectivity index is 2.52. The van der Waals surface area contributed by atoms with Crippen molar-refractivity contribution >= 4 is 0 Å². The molecule has 1 N–H and O–H groups in total. The van der Waals surface area contributed by atoms with Crippen LogP contribution in [0.15, 0.2) is 0 Å². The van der Waals surface area contributed by atoms with Crippen LogP contribution in [0.5, 0.6) is 0 Å². The minimum atomic E-state index is -0.264. The zero-order valence-electron chi connectivity index (χ0n) is 12.5. The minimum Gasteiger partial charge on any atom is -0.308 e. The molecule has 0 bridgehead atoms. The van der Waals surface area contributed by atoms with Crippen LogP contribution in [-0.4, -0.2) is 37.6 Å². The Bertz CT molecular complexity index is 280. The lowest BCUT2D eigenvalue weighted by Gasteiger charge is -2.27. The molecule has 0 saturated heterocycles. The lowest BCUT2D eigenvalue weighted by atomic mass is 9.87. The molecular formula is C15H29N3. The van der Waals surface area contributed by atoms with Crippen LogP contribution in [-0.2, 0) is 0 Å². The molecule has 1 aliphatic rings. The van der Waals surface area contributed by atoms with Gasteiger partial charge < -0.3 is 4.90 Å². The summed E-state index contributed by atoms with van der Waals surface area (Å²) >= 11 is 0. The van der Waals surface area contributed by atoms with Crippen molar-refractivity contribution in [2.45, 2.75) is 51.5 Å². The quantitative estimate of drug-likeness (QED) is 0.764. The molecule has 0 radical (unpaired) electrons. The summed E-state index contributed by atoms with van der Waals surface area (Å²) in [6.45, 7) is 6.52. The molecule has 3 nitrogen and oxygen atoms in total. The summed E-state index contributed by atoms with van der Waals surface area (Å²) in [4.78, 5) is 2.16. The molecule has 1 rings (SSSR count). The first kappa shape index (κ1) is 15.5. The Kier molecular flexibility index (Phi) is 6.11. The summed E-state index contributed by atoms with van der Waals surface area (Å²) in [6, 6.07) is 2.56. The minimum absolute atomic E-state index is 0.264. The first-order chi connectivity index (χ1) is 8.49. The molecule has 2 unspecified atom stereocenters. The van der Waals surface area contributed by atoms with E-state index < -0.39 is 0 Å². The fourth-order valence-corrected chi connectivity index (χ4v) is 2.88. The first-order valence-corrected chi connectivity index (χ1v) is 7.30. The van der Waals surface area contributed by atoms with Gasteiger partial charge in [0.05, 0.1) is 6.07 Å². The largest absolute Gasteiger partial charge is 0.308 e. The molecule has 0 aliphatic heterocycles. The maximum atomic E-state index is 9.53. The second kappa shape index (κ2) is 7.11. The van der Waals surface area contributed by atoms with Crippen molar-refractivity contribution in [2.24, 2.45) is 11.8 Å².